The number of esters is 1. The summed E-state index contributed by atoms with van der Waals surface area (Å²) in [6, 6.07) is 28.8. The zero-order chi connectivity index (χ0) is 37.8. The van der Waals surface area contributed by atoms with E-state index >= 15 is 0 Å². The Labute approximate surface area is 328 Å². The molecular weight excluding hydrogens is 829 g/mol. The van der Waals surface area contributed by atoms with Gasteiger partial charge in [0, 0.05) is 15.6 Å². The number of carbonyl (C=O) groups excluding carboxylic acids is 3. The van der Waals surface area contributed by atoms with Crippen LogP contribution >= 0.6 is 45.7 Å². The van der Waals surface area contributed by atoms with Gasteiger partial charge in [0.25, 0.3) is 11.8 Å². The molecule has 2 aliphatic rings. The van der Waals surface area contributed by atoms with Crippen LogP contribution in [0.15, 0.2) is 113 Å². The first kappa shape index (κ1) is 38.0. The molecule has 1 fully saturated rings. The number of nitrogens with one attached hydrogen (secondary N) is 2. The van der Waals surface area contributed by atoms with Crippen LogP contribution in [0.3, 0.4) is 0 Å². The highest BCUT2D eigenvalue weighted by atomic mass is 127. The number of nitrogens with zero attached hydrogens (tertiary/aromatic N) is 3. The van der Waals surface area contributed by atoms with Crippen molar-refractivity contribution in [1.29, 1.82) is 0 Å². The van der Waals surface area contributed by atoms with Crippen LogP contribution in [0.5, 0.6) is 0 Å². The number of rotatable bonds is 13. The molecule has 1 aromatic heterocycles. The SMILES string of the molecule is CC(C)(C)OC(=O)CON=C(C(=O)NC1C(=O)N2C(C(=O)O)=C(CI)CS[C@@H]12)c1csc(NC(c2ccccc2)(c2ccccc2)c2ccccc2)n1. The molecular formula is C38H36IN5O7S2. The fourth-order valence-electron chi connectivity index (χ4n) is 6.10. The second-order valence-electron chi connectivity index (χ2n) is 13.1. The average Bonchev–Trinajstić information content (AvgIpc) is 3.61. The van der Waals surface area contributed by atoms with Crippen molar-refractivity contribution in [3.05, 3.63) is 130 Å². The van der Waals surface area contributed by atoms with Gasteiger partial charge in [-0.05, 0) is 43.0 Å². The smallest absolute Gasteiger partial charge is 0.352 e. The predicted octanol–water partition coefficient (Wildman–Crippen LogP) is 5.78. The number of ether oxygens (including phenoxy) is 1. The van der Waals surface area contributed by atoms with Crippen LogP contribution in [0.25, 0.3) is 0 Å². The molecule has 3 heterocycles. The van der Waals surface area contributed by atoms with Gasteiger partial charge in [-0.1, -0.05) is 119 Å². The van der Waals surface area contributed by atoms with Crippen LogP contribution in [0.1, 0.15) is 43.2 Å². The number of fused-ring (bicyclic) bond motifs is 1. The molecule has 2 atom stereocenters. The van der Waals surface area contributed by atoms with Gasteiger partial charge in [-0.2, -0.15) is 0 Å². The second kappa shape index (κ2) is 16.1. The molecule has 12 nitrogen and oxygen atoms in total. The maximum absolute atomic E-state index is 14.0. The van der Waals surface area contributed by atoms with Gasteiger partial charge in [0.2, 0.25) is 6.61 Å². The number of aliphatic carboxylic acids is 1. The highest BCUT2D eigenvalue weighted by molar-refractivity contribution is 14.1. The number of aromatic nitrogens is 1. The van der Waals surface area contributed by atoms with Crippen molar-refractivity contribution in [3.8, 4) is 0 Å². The van der Waals surface area contributed by atoms with E-state index in [0.29, 0.717) is 20.9 Å². The summed E-state index contributed by atoms with van der Waals surface area (Å²) in [6.07, 6.45) is 0. The number of thioether (sulfide) groups is 1. The van der Waals surface area contributed by atoms with Crippen molar-refractivity contribution in [1.82, 2.24) is 15.2 Å². The van der Waals surface area contributed by atoms with E-state index in [2.05, 4.69) is 38.4 Å². The number of carbonyl (C=O) groups is 4. The molecule has 2 aliphatic heterocycles. The van der Waals surface area contributed by atoms with Crippen molar-refractivity contribution >= 4 is 80.3 Å². The molecule has 15 heteroatoms. The summed E-state index contributed by atoms with van der Waals surface area (Å²) in [5.41, 5.74) is 1.59. The monoisotopic (exact) mass is 865 g/mol. The Morgan fingerprint density at radius 1 is 0.962 bits per heavy atom. The lowest BCUT2D eigenvalue weighted by molar-refractivity contribution is -0.160. The zero-order valence-corrected chi connectivity index (χ0v) is 32.7. The lowest BCUT2D eigenvalue weighted by Gasteiger charge is -2.49. The van der Waals surface area contributed by atoms with Gasteiger partial charge in [0.15, 0.2) is 10.8 Å². The third-order valence-electron chi connectivity index (χ3n) is 8.33. The van der Waals surface area contributed by atoms with Crippen LogP contribution in [0.2, 0.25) is 0 Å². The second-order valence-corrected chi connectivity index (χ2v) is 15.8. The van der Waals surface area contributed by atoms with E-state index in [1.54, 1.807) is 26.2 Å². The lowest BCUT2D eigenvalue weighted by atomic mass is 9.77. The van der Waals surface area contributed by atoms with Gasteiger partial charge < -0.3 is 25.3 Å². The molecule has 6 rings (SSSR count). The minimum atomic E-state index is -1.20. The number of alkyl halides is 1. The van der Waals surface area contributed by atoms with E-state index in [4.69, 9.17) is 14.6 Å². The summed E-state index contributed by atoms with van der Waals surface area (Å²) in [6.45, 7) is 4.57. The molecule has 0 saturated carbocycles. The largest absolute Gasteiger partial charge is 0.477 e. The molecule has 0 radical (unpaired) electrons. The summed E-state index contributed by atoms with van der Waals surface area (Å²) >= 11 is 4.68. The first-order valence-corrected chi connectivity index (χ1v) is 20.0. The number of carboxylic acid groups (broad SMARTS) is 1. The third-order valence-corrected chi connectivity index (χ3v) is 11.4. The maximum atomic E-state index is 14.0. The van der Waals surface area contributed by atoms with E-state index in [0.717, 1.165) is 16.7 Å². The molecule has 53 heavy (non-hydrogen) atoms. The number of halogens is 1. The number of hydrogen-bond donors (Lipinski definition) is 3. The molecule has 274 valence electrons. The van der Waals surface area contributed by atoms with Crippen LogP contribution < -0.4 is 10.6 Å². The summed E-state index contributed by atoms with van der Waals surface area (Å²) < 4.78 is 5.77. The van der Waals surface area contributed by atoms with Crippen LogP contribution in [-0.2, 0) is 34.3 Å². The Bertz CT molecular complexity index is 1960. The van der Waals surface area contributed by atoms with Gasteiger partial charge in [-0.25, -0.2) is 14.6 Å². The van der Waals surface area contributed by atoms with E-state index < -0.39 is 52.9 Å². The van der Waals surface area contributed by atoms with Crippen molar-refractivity contribution < 1.29 is 33.9 Å². The molecule has 0 bridgehead atoms. The first-order valence-electron chi connectivity index (χ1n) is 16.5. The number of oxime groups is 1. The predicted molar refractivity (Wildman–Crippen MR) is 212 cm³/mol. The maximum Gasteiger partial charge on any atom is 0.352 e. The third kappa shape index (κ3) is 8.11. The number of thiazole rings is 1. The number of anilines is 1. The van der Waals surface area contributed by atoms with Crippen LogP contribution in [0.4, 0.5) is 5.13 Å². The minimum Gasteiger partial charge on any atom is -0.477 e. The highest BCUT2D eigenvalue weighted by Gasteiger charge is 2.54. The molecule has 2 amide bonds. The molecule has 3 aromatic carbocycles. The molecule has 0 aliphatic carbocycles. The normalized spacial score (nSPS) is 17.4. The standard InChI is InChI=1S/C38H36IN5O7S2/c1-37(2,3)51-28(45)20-50-43-29(32(46)41-30-33(47)44-31(35(48)49)23(19-39)21-52-34(30)44)27-22-53-36(40-27)42-38(24-13-7-4-8-14-24,25-15-9-5-10-16-25)26-17-11-6-12-18-26/h4-18,22,30,34H,19-21H2,1-3H3,(H,40,42)(H,41,46)(H,48,49)/t30?,34-/m0/s1. The van der Waals surface area contributed by atoms with Gasteiger partial charge >= 0.3 is 11.9 Å². The molecule has 0 spiro atoms. The van der Waals surface area contributed by atoms with Crippen molar-refractivity contribution in [3.63, 3.8) is 0 Å². The fraction of sp³-hybridized carbons (Fsp3) is 0.263. The number of benzene rings is 3. The first-order chi connectivity index (χ1) is 25.4. The summed E-state index contributed by atoms with van der Waals surface area (Å²) in [5, 5.41) is 21.7. The average molecular weight is 866 g/mol. The summed E-state index contributed by atoms with van der Waals surface area (Å²) in [4.78, 5) is 63.1. The summed E-state index contributed by atoms with van der Waals surface area (Å²) in [7, 11) is 0. The van der Waals surface area contributed by atoms with Gasteiger partial charge in [0.05, 0.1) is 0 Å². The Kier molecular flexibility index (Phi) is 11.5. The Hall–Kier alpha value is -4.74. The molecule has 3 N–H and O–H groups in total. The van der Waals surface area contributed by atoms with Gasteiger partial charge in [-0.3, -0.25) is 14.5 Å². The van der Waals surface area contributed by atoms with Crippen molar-refractivity contribution in [2.24, 2.45) is 5.16 Å². The van der Waals surface area contributed by atoms with Crippen LogP contribution in [-0.4, -0.2) is 78.3 Å². The van der Waals surface area contributed by atoms with E-state index in [9.17, 15) is 24.3 Å². The Morgan fingerprint density at radius 2 is 1.53 bits per heavy atom. The zero-order valence-electron chi connectivity index (χ0n) is 28.9. The quantitative estimate of drug-likeness (QED) is 0.0286. The lowest BCUT2D eigenvalue weighted by Crippen LogP contribution is -2.71. The molecule has 1 saturated heterocycles. The van der Waals surface area contributed by atoms with Crippen molar-refractivity contribution in [2.45, 2.75) is 43.3 Å². The number of hydrogen-bond acceptors (Lipinski definition) is 11. The highest BCUT2D eigenvalue weighted by Crippen LogP contribution is 2.42. The number of carboxylic acids is 1. The Morgan fingerprint density at radius 3 is 2.04 bits per heavy atom. The van der Waals surface area contributed by atoms with Crippen molar-refractivity contribution in [2.75, 3.05) is 22.1 Å². The number of β-lactam (4-membered cyclic amide) rings is 1. The van der Waals surface area contributed by atoms with E-state index in [1.165, 1.54) is 28.0 Å². The fourth-order valence-corrected chi connectivity index (χ4v) is 9.20. The minimum absolute atomic E-state index is 0.0535. The topological polar surface area (TPSA) is 160 Å². The molecule has 1 unspecified atom stereocenters. The van der Waals surface area contributed by atoms with Gasteiger partial charge in [0.1, 0.15) is 33.9 Å². The van der Waals surface area contributed by atoms with Crippen LogP contribution in [0, 0.1) is 0 Å². The Balaban J connectivity index is 1.34. The van der Waals surface area contributed by atoms with Gasteiger partial charge in [-0.15, -0.1) is 23.1 Å². The molecule has 4 aromatic rings. The van der Waals surface area contributed by atoms with E-state index in [-0.39, 0.29) is 17.1 Å². The number of amides is 2. The van der Waals surface area contributed by atoms with E-state index in [1.807, 2.05) is 91.0 Å². The summed E-state index contributed by atoms with van der Waals surface area (Å²) in [5.74, 6) is -2.83.